The highest BCUT2D eigenvalue weighted by atomic mass is 16.1. The normalized spacial score (nSPS) is 11.0. The largest absolute Gasteiger partial charge is 0.360 e. The predicted octanol–water partition coefficient (Wildman–Crippen LogP) is 3.99. The SMILES string of the molecule is Cn1cc(-c2ccc3c(C(=O)Cc4ccccc4)c[nH]c3c2)cn1. The van der Waals surface area contributed by atoms with E-state index in [1.807, 2.05) is 68.1 Å². The summed E-state index contributed by atoms with van der Waals surface area (Å²) >= 11 is 0. The molecule has 24 heavy (non-hydrogen) atoms. The third kappa shape index (κ3) is 2.63. The summed E-state index contributed by atoms with van der Waals surface area (Å²) in [4.78, 5) is 15.8. The van der Waals surface area contributed by atoms with E-state index in [4.69, 9.17) is 0 Å². The Hall–Kier alpha value is -3.14. The molecule has 1 N–H and O–H groups in total. The van der Waals surface area contributed by atoms with E-state index >= 15 is 0 Å². The molecule has 4 heteroatoms. The second-order valence-corrected chi connectivity index (χ2v) is 5.95. The summed E-state index contributed by atoms with van der Waals surface area (Å²) in [6, 6.07) is 15.9. The van der Waals surface area contributed by atoms with Gasteiger partial charge in [-0.15, -0.1) is 0 Å². The van der Waals surface area contributed by atoms with E-state index in [1.165, 1.54) is 0 Å². The number of H-pyrrole nitrogens is 1. The molecule has 0 radical (unpaired) electrons. The third-order valence-corrected chi connectivity index (χ3v) is 4.23. The minimum absolute atomic E-state index is 0.126. The second kappa shape index (κ2) is 5.81. The Balaban J connectivity index is 1.66. The van der Waals surface area contributed by atoms with Crippen molar-refractivity contribution in [3.05, 3.63) is 78.2 Å². The summed E-state index contributed by atoms with van der Waals surface area (Å²) in [6.07, 6.45) is 6.04. The standard InChI is InChI=1S/C20H17N3O/c1-23-13-16(11-22-23)15-7-8-17-18(12-21-19(17)10-15)20(24)9-14-5-3-2-4-6-14/h2-8,10-13,21H,9H2,1H3. The zero-order valence-electron chi connectivity index (χ0n) is 13.4. The number of nitrogens with one attached hydrogen (secondary N) is 1. The molecule has 2 aromatic heterocycles. The van der Waals surface area contributed by atoms with Crippen LogP contribution >= 0.6 is 0 Å². The van der Waals surface area contributed by atoms with Gasteiger partial charge in [-0.1, -0.05) is 42.5 Å². The molecule has 4 aromatic rings. The Morgan fingerprint density at radius 3 is 2.71 bits per heavy atom. The Bertz CT molecular complexity index is 1010. The van der Waals surface area contributed by atoms with Crippen LogP contribution in [0.3, 0.4) is 0 Å². The van der Waals surface area contributed by atoms with Crippen LogP contribution < -0.4 is 0 Å². The van der Waals surface area contributed by atoms with Gasteiger partial charge in [-0.05, 0) is 17.2 Å². The van der Waals surface area contributed by atoms with Crippen molar-refractivity contribution in [1.82, 2.24) is 14.8 Å². The van der Waals surface area contributed by atoms with Crippen LogP contribution in [-0.4, -0.2) is 20.5 Å². The van der Waals surface area contributed by atoms with Crippen molar-refractivity contribution < 1.29 is 4.79 Å². The molecular formula is C20H17N3O. The maximum Gasteiger partial charge on any atom is 0.169 e. The highest BCUT2D eigenvalue weighted by molar-refractivity contribution is 6.09. The molecule has 0 fully saturated rings. The smallest absolute Gasteiger partial charge is 0.169 e. The first-order chi connectivity index (χ1) is 11.7. The van der Waals surface area contributed by atoms with Crippen LogP contribution in [0.4, 0.5) is 0 Å². The Labute approximate surface area is 139 Å². The lowest BCUT2D eigenvalue weighted by molar-refractivity contribution is 0.0994. The van der Waals surface area contributed by atoms with Gasteiger partial charge in [-0.25, -0.2) is 0 Å². The molecule has 0 atom stereocenters. The lowest BCUT2D eigenvalue weighted by atomic mass is 10.0. The van der Waals surface area contributed by atoms with E-state index < -0.39 is 0 Å². The molecule has 0 amide bonds. The number of nitrogens with zero attached hydrogens (tertiary/aromatic N) is 2. The fraction of sp³-hybridized carbons (Fsp3) is 0.100. The van der Waals surface area contributed by atoms with E-state index in [0.717, 1.165) is 33.2 Å². The summed E-state index contributed by atoms with van der Waals surface area (Å²) in [5.41, 5.74) is 4.88. The number of rotatable bonds is 4. The lowest BCUT2D eigenvalue weighted by Crippen LogP contribution is -2.02. The summed E-state index contributed by atoms with van der Waals surface area (Å²) < 4.78 is 1.78. The maximum atomic E-state index is 12.6. The van der Waals surface area contributed by atoms with Gasteiger partial charge in [0, 0.05) is 47.9 Å². The maximum absolute atomic E-state index is 12.6. The molecule has 2 heterocycles. The molecule has 0 aliphatic heterocycles. The van der Waals surface area contributed by atoms with E-state index in [9.17, 15) is 4.79 Å². The van der Waals surface area contributed by atoms with Crippen molar-refractivity contribution in [3.8, 4) is 11.1 Å². The van der Waals surface area contributed by atoms with Gasteiger partial charge in [0.25, 0.3) is 0 Å². The van der Waals surface area contributed by atoms with Crippen LogP contribution in [0, 0.1) is 0 Å². The minimum atomic E-state index is 0.126. The number of benzene rings is 2. The van der Waals surface area contributed by atoms with E-state index in [2.05, 4.69) is 16.1 Å². The highest BCUT2D eigenvalue weighted by Crippen LogP contribution is 2.26. The number of fused-ring (bicyclic) bond motifs is 1. The lowest BCUT2D eigenvalue weighted by Gasteiger charge is -2.01. The number of aryl methyl sites for hydroxylation is 1. The van der Waals surface area contributed by atoms with E-state index in [-0.39, 0.29) is 5.78 Å². The molecule has 4 rings (SSSR count). The van der Waals surface area contributed by atoms with Crippen molar-refractivity contribution in [2.75, 3.05) is 0 Å². The molecule has 0 bridgehead atoms. The molecular weight excluding hydrogens is 298 g/mol. The number of hydrogen-bond acceptors (Lipinski definition) is 2. The number of ketones is 1. The zero-order chi connectivity index (χ0) is 16.5. The van der Waals surface area contributed by atoms with Crippen LogP contribution in [-0.2, 0) is 13.5 Å². The summed E-state index contributed by atoms with van der Waals surface area (Å²) in [5, 5.41) is 5.17. The fourth-order valence-corrected chi connectivity index (χ4v) is 2.98. The first-order valence-corrected chi connectivity index (χ1v) is 7.88. The summed E-state index contributed by atoms with van der Waals surface area (Å²) in [7, 11) is 1.90. The van der Waals surface area contributed by atoms with E-state index in [1.54, 1.807) is 4.68 Å². The van der Waals surface area contributed by atoms with Crippen molar-refractivity contribution in [2.24, 2.45) is 7.05 Å². The molecule has 4 nitrogen and oxygen atoms in total. The summed E-state index contributed by atoms with van der Waals surface area (Å²) in [6.45, 7) is 0. The molecule has 0 aliphatic rings. The van der Waals surface area contributed by atoms with Crippen molar-refractivity contribution in [2.45, 2.75) is 6.42 Å². The van der Waals surface area contributed by atoms with Gasteiger partial charge in [0.2, 0.25) is 0 Å². The van der Waals surface area contributed by atoms with Gasteiger partial charge < -0.3 is 4.98 Å². The first kappa shape index (κ1) is 14.5. The topological polar surface area (TPSA) is 50.7 Å². The molecule has 0 spiro atoms. The van der Waals surface area contributed by atoms with Gasteiger partial charge in [0.05, 0.1) is 6.20 Å². The second-order valence-electron chi connectivity index (χ2n) is 5.95. The highest BCUT2D eigenvalue weighted by Gasteiger charge is 2.13. The molecule has 0 aliphatic carbocycles. The van der Waals surface area contributed by atoms with Crippen molar-refractivity contribution in [3.63, 3.8) is 0 Å². The summed E-state index contributed by atoms with van der Waals surface area (Å²) in [5.74, 6) is 0.126. The minimum Gasteiger partial charge on any atom is -0.360 e. The van der Waals surface area contributed by atoms with Crippen molar-refractivity contribution in [1.29, 1.82) is 0 Å². The Kier molecular flexibility index (Phi) is 3.50. The third-order valence-electron chi connectivity index (χ3n) is 4.23. The average Bonchev–Trinajstić information content (AvgIpc) is 3.21. The fourth-order valence-electron chi connectivity index (χ4n) is 2.98. The molecule has 118 valence electrons. The van der Waals surface area contributed by atoms with Gasteiger partial charge in [0.15, 0.2) is 5.78 Å². The molecule has 2 aromatic carbocycles. The number of aromatic nitrogens is 3. The van der Waals surface area contributed by atoms with Crippen LogP contribution in [0.2, 0.25) is 0 Å². The molecule has 0 saturated heterocycles. The first-order valence-electron chi connectivity index (χ1n) is 7.88. The number of Topliss-reactive ketones (excluding diaryl/α,β-unsaturated/α-hetero) is 1. The Morgan fingerprint density at radius 1 is 1.12 bits per heavy atom. The van der Waals surface area contributed by atoms with Gasteiger partial charge in [-0.3, -0.25) is 9.48 Å². The Morgan fingerprint density at radius 2 is 1.96 bits per heavy atom. The quantitative estimate of drug-likeness (QED) is 0.579. The van der Waals surface area contributed by atoms with Crippen LogP contribution in [0.15, 0.2) is 67.1 Å². The average molecular weight is 315 g/mol. The van der Waals surface area contributed by atoms with Gasteiger partial charge in [-0.2, -0.15) is 5.10 Å². The zero-order valence-corrected chi connectivity index (χ0v) is 13.4. The predicted molar refractivity (Wildman–Crippen MR) is 95.0 cm³/mol. The number of aromatic amines is 1. The van der Waals surface area contributed by atoms with Crippen LogP contribution in [0.25, 0.3) is 22.0 Å². The number of carbonyl (C=O) groups excluding carboxylic acids is 1. The number of hydrogen-bond donors (Lipinski definition) is 1. The molecule has 0 unspecified atom stereocenters. The van der Waals surface area contributed by atoms with Gasteiger partial charge in [0.1, 0.15) is 0 Å². The van der Waals surface area contributed by atoms with Crippen LogP contribution in [0.1, 0.15) is 15.9 Å². The monoisotopic (exact) mass is 315 g/mol. The van der Waals surface area contributed by atoms with Gasteiger partial charge >= 0.3 is 0 Å². The van der Waals surface area contributed by atoms with Crippen LogP contribution in [0.5, 0.6) is 0 Å². The number of carbonyl (C=O) groups is 1. The molecule has 0 saturated carbocycles. The van der Waals surface area contributed by atoms with Crippen molar-refractivity contribution >= 4 is 16.7 Å². The van der Waals surface area contributed by atoms with E-state index in [0.29, 0.717) is 6.42 Å².